The van der Waals surface area contributed by atoms with Crippen LogP contribution in [0.25, 0.3) is 22.5 Å². The van der Waals surface area contributed by atoms with E-state index in [0.29, 0.717) is 5.82 Å². The highest BCUT2D eigenvalue weighted by atomic mass is 32.2. The summed E-state index contributed by atoms with van der Waals surface area (Å²) in [5, 5.41) is 16.2. The van der Waals surface area contributed by atoms with Gasteiger partial charge in [-0.05, 0) is 51.4 Å². The van der Waals surface area contributed by atoms with Crippen molar-refractivity contribution >= 4 is 23.3 Å². The molecule has 3 heterocycles. The lowest BCUT2D eigenvalue weighted by Crippen LogP contribution is -2.44. The van der Waals surface area contributed by atoms with E-state index in [0.717, 1.165) is 46.1 Å². The van der Waals surface area contributed by atoms with Crippen molar-refractivity contribution < 1.29 is 0 Å². The molecule has 2 aromatic carbocycles. The van der Waals surface area contributed by atoms with Gasteiger partial charge in [-0.25, -0.2) is 15.9 Å². The maximum atomic E-state index is 6.50. The first-order valence-corrected chi connectivity index (χ1v) is 11.5. The van der Waals surface area contributed by atoms with Crippen molar-refractivity contribution in [3.8, 4) is 22.5 Å². The van der Waals surface area contributed by atoms with Crippen LogP contribution in [-0.2, 0) is 6.54 Å². The number of nitrogens with two attached hydrogens (primary N) is 1. The number of tetrazole rings is 1. The van der Waals surface area contributed by atoms with Crippen molar-refractivity contribution in [1.82, 2.24) is 25.6 Å². The van der Waals surface area contributed by atoms with Gasteiger partial charge in [0.15, 0.2) is 17.1 Å². The Morgan fingerprint density at radius 3 is 2.56 bits per heavy atom. The standard InChI is InChI=1S/C23H24N8S/c1-3-32-23-30(22-20(31(23)24)15(2)12-13-25-22)14-16-8-10-17(11-9-16)18-6-4-5-7-19(18)21-26-28-29-27-21/h4-13,23H,3,14,24H2,1-2H3,(H,26,27,28,29). The molecule has 4 aromatic rings. The molecule has 1 atom stereocenters. The Labute approximate surface area is 190 Å². The van der Waals surface area contributed by atoms with Crippen LogP contribution in [-0.4, -0.2) is 36.9 Å². The van der Waals surface area contributed by atoms with Crippen molar-refractivity contribution in [3.63, 3.8) is 0 Å². The number of aromatic amines is 1. The molecule has 1 aliphatic rings. The summed E-state index contributed by atoms with van der Waals surface area (Å²) in [4.78, 5) is 6.93. The summed E-state index contributed by atoms with van der Waals surface area (Å²) in [5.74, 6) is 9.05. The molecule has 0 bridgehead atoms. The molecule has 0 saturated carbocycles. The van der Waals surface area contributed by atoms with Crippen LogP contribution in [0.3, 0.4) is 0 Å². The number of aromatic nitrogens is 5. The van der Waals surface area contributed by atoms with Gasteiger partial charge in [-0.3, -0.25) is 5.01 Å². The van der Waals surface area contributed by atoms with Crippen LogP contribution in [0.2, 0.25) is 0 Å². The van der Waals surface area contributed by atoms with Crippen molar-refractivity contribution in [2.24, 2.45) is 5.84 Å². The summed E-state index contributed by atoms with van der Waals surface area (Å²) in [7, 11) is 0. The number of anilines is 2. The van der Waals surface area contributed by atoms with E-state index < -0.39 is 0 Å². The molecule has 3 N–H and O–H groups in total. The second-order valence-corrected chi connectivity index (χ2v) is 8.94. The number of nitrogens with one attached hydrogen (secondary N) is 1. The highest BCUT2D eigenvalue weighted by Crippen LogP contribution is 2.42. The number of rotatable bonds is 6. The molecule has 9 heteroatoms. The minimum atomic E-state index is 0.0166. The van der Waals surface area contributed by atoms with Gasteiger partial charge in [0, 0.05) is 18.3 Å². The fourth-order valence-electron chi connectivity index (χ4n) is 4.10. The normalized spacial score (nSPS) is 15.3. The number of nitrogens with zero attached hydrogens (tertiary/aromatic N) is 6. The molecule has 2 aromatic heterocycles. The average molecular weight is 445 g/mol. The van der Waals surface area contributed by atoms with Crippen LogP contribution < -0.4 is 15.8 Å². The lowest BCUT2D eigenvalue weighted by atomic mass is 9.98. The molecular weight excluding hydrogens is 420 g/mol. The number of benzene rings is 2. The van der Waals surface area contributed by atoms with Crippen molar-refractivity contribution in [2.45, 2.75) is 25.9 Å². The third-order valence-electron chi connectivity index (χ3n) is 5.60. The summed E-state index contributed by atoms with van der Waals surface area (Å²) >= 11 is 1.80. The highest BCUT2D eigenvalue weighted by molar-refractivity contribution is 8.00. The van der Waals surface area contributed by atoms with E-state index in [-0.39, 0.29) is 5.50 Å². The van der Waals surface area contributed by atoms with E-state index in [1.807, 2.05) is 35.5 Å². The molecule has 5 rings (SSSR count). The average Bonchev–Trinajstić information content (AvgIpc) is 3.44. The van der Waals surface area contributed by atoms with Crippen LogP contribution in [0.15, 0.2) is 60.8 Å². The number of pyridine rings is 1. The minimum absolute atomic E-state index is 0.0166. The highest BCUT2D eigenvalue weighted by Gasteiger charge is 2.36. The van der Waals surface area contributed by atoms with E-state index >= 15 is 0 Å². The maximum Gasteiger partial charge on any atom is 0.180 e. The molecule has 8 nitrogen and oxygen atoms in total. The van der Waals surface area contributed by atoms with Gasteiger partial charge < -0.3 is 4.90 Å². The summed E-state index contributed by atoms with van der Waals surface area (Å²) in [6.45, 7) is 4.95. The Morgan fingerprint density at radius 2 is 1.84 bits per heavy atom. The number of hydrazine groups is 1. The second-order valence-electron chi connectivity index (χ2n) is 7.61. The Balaban J connectivity index is 1.44. The molecule has 0 fully saturated rings. The molecule has 0 spiro atoms. The van der Waals surface area contributed by atoms with Crippen LogP contribution in [0.4, 0.5) is 11.5 Å². The van der Waals surface area contributed by atoms with Crippen LogP contribution in [0.5, 0.6) is 0 Å². The number of H-pyrrole nitrogens is 1. The van der Waals surface area contributed by atoms with E-state index in [1.165, 1.54) is 5.56 Å². The van der Waals surface area contributed by atoms with E-state index in [1.54, 1.807) is 11.8 Å². The number of fused-ring (bicyclic) bond motifs is 1. The monoisotopic (exact) mass is 444 g/mol. The molecule has 1 unspecified atom stereocenters. The van der Waals surface area contributed by atoms with Gasteiger partial charge >= 0.3 is 0 Å². The molecule has 32 heavy (non-hydrogen) atoms. The number of hydrogen-bond donors (Lipinski definition) is 2. The number of hydrogen-bond acceptors (Lipinski definition) is 8. The maximum absolute atomic E-state index is 6.50. The molecule has 162 valence electrons. The molecular formula is C23H24N8S. The van der Waals surface area contributed by atoms with Gasteiger partial charge in [0.25, 0.3) is 0 Å². The predicted octanol–water partition coefficient (Wildman–Crippen LogP) is 3.97. The van der Waals surface area contributed by atoms with E-state index in [2.05, 4.69) is 74.7 Å². The van der Waals surface area contributed by atoms with Crippen molar-refractivity contribution in [3.05, 3.63) is 71.9 Å². The van der Waals surface area contributed by atoms with E-state index in [9.17, 15) is 0 Å². The zero-order chi connectivity index (χ0) is 22.1. The lowest BCUT2D eigenvalue weighted by Gasteiger charge is -2.29. The third kappa shape index (κ3) is 3.59. The van der Waals surface area contributed by atoms with Crippen LogP contribution >= 0.6 is 11.8 Å². The Hall–Kier alpha value is -3.43. The first-order chi connectivity index (χ1) is 15.7. The van der Waals surface area contributed by atoms with E-state index in [4.69, 9.17) is 5.84 Å². The van der Waals surface area contributed by atoms with Gasteiger partial charge in [-0.15, -0.1) is 16.9 Å². The zero-order valence-corrected chi connectivity index (χ0v) is 18.8. The van der Waals surface area contributed by atoms with Crippen molar-refractivity contribution in [2.75, 3.05) is 15.7 Å². The summed E-state index contributed by atoms with van der Waals surface area (Å²) in [6.07, 6.45) is 1.85. The summed E-state index contributed by atoms with van der Waals surface area (Å²) in [5.41, 5.74) is 6.50. The molecule has 1 aliphatic heterocycles. The van der Waals surface area contributed by atoms with Crippen LogP contribution in [0, 0.1) is 6.92 Å². The molecule has 0 saturated heterocycles. The number of aryl methyl sites for hydroxylation is 1. The quantitative estimate of drug-likeness (QED) is 0.431. The third-order valence-corrected chi connectivity index (χ3v) is 6.72. The predicted molar refractivity (Wildman–Crippen MR) is 129 cm³/mol. The Morgan fingerprint density at radius 1 is 1.06 bits per heavy atom. The minimum Gasteiger partial charge on any atom is -0.320 e. The largest absolute Gasteiger partial charge is 0.320 e. The smallest absolute Gasteiger partial charge is 0.180 e. The lowest BCUT2D eigenvalue weighted by molar-refractivity contribution is 0.738. The van der Waals surface area contributed by atoms with Gasteiger partial charge in [-0.1, -0.05) is 55.5 Å². The first-order valence-electron chi connectivity index (χ1n) is 10.5. The van der Waals surface area contributed by atoms with Gasteiger partial charge in [-0.2, -0.15) is 0 Å². The van der Waals surface area contributed by atoms with Crippen LogP contribution in [0.1, 0.15) is 18.1 Å². The summed E-state index contributed by atoms with van der Waals surface area (Å²) in [6, 6.07) is 18.7. The second kappa shape index (κ2) is 8.60. The fourth-order valence-corrected chi connectivity index (χ4v) is 5.02. The summed E-state index contributed by atoms with van der Waals surface area (Å²) < 4.78 is 0. The fraction of sp³-hybridized carbons (Fsp3) is 0.217. The van der Waals surface area contributed by atoms with Gasteiger partial charge in [0.1, 0.15) is 5.69 Å². The zero-order valence-electron chi connectivity index (χ0n) is 17.9. The number of thioether (sulfide) groups is 1. The topological polar surface area (TPSA) is 99.8 Å². The SMILES string of the molecule is CCSC1N(N)c2c(C)ccnc2N1Cc1ccc(-c2ccccc2-c2nnn[nH]2)cc1. The molecule has 0 aliphatic carbocycles. The van der Waals surface area contributed by atoms with Gasteiger partial charge in [0.2, 0.25) is 0 Å². The Kier molecular flexibility index (Phi) is 5.50. The van der Waals surface area contributed by atoms with Crippen molar-refractivity contribution in [1.29, 1.82) is 0 Å². The molecule has 0 amide bonds. The first kappa shape index (κ1) is 20.5. The van der Waals surface area contributed by atoms with Gasteiger partial charge in [0.05, 0.1) is 0 Å². The Bertz CT molecular complexity index is 1210. The molecule has 0 radical (unpaired) electrons.